The fraction of sp³-hybridized carbons (Fsp3) is 0.500. The van der Waals surface area contributed by atoms with Crippen LogP contribution in [0.25, 0.3) is 0 Å². The summed E-state index contributed by atoms with van der Waals surface area (Å²) in [7, 11) is -2.14. The van der Waals surface area contributed by atoms with E-state index in [-0.39, 0.29) is 56.5 Å². The lowest BCUT2D eigenvalue weighted by atomic mass is 10.3. The van der Waals surface area contributed by atoms with Crippen LogP contribution in [-0.2, 0) is 19.6 Å². The fourth-order valence-electron chi connectivity index (χ4n) is 2.65. The molecule has 144 valence electrons. The molecule has 1 aliphatic heterocycles. The Hall–Kier alpha value is -2.04. The third-order valence-corrected chi connectivity index (χ3v) is 6.03. The topological polar surface area (TPSA) is 98.2 Å². The first-order valence-electron chi connectivity index (χ1n) is 8.14. The van der Waals surface area contributed by atoms with Gasteiger partial charge in [0, 0.05) is 32.7 Å². The van der Waals surface area contributed by atoms with Gasteiger partial charge < -0.3 is 10.0 Å². The van der Waals surface area contributed by atoms with Crippen molar-refractivity contribution >= 4 is 21.9 Å². The van der Waals surface area contributed by atoms with Crippen LogP contribution in [0.4, 0.5) is 4.39 Å². The predicted molar refractivity (Wildman–Crippen MR) is 91.5 cm³/mol. The molecule has 2 rings (SSSR count). The zero-order chi connectivity index (χ0) is 19.3. The Morgan fingerprint density at radius 1 is 1.23 bits per heavy atom. The lowest BCUT2D eigenvalue weighted by Gasteiger charge is -2.34. The highest BCUT2D eigenvalue weighted by Crippen LogP contribution is 2.18. The van der Waals surface area contributed by atoms with E-state index < -0.39 is 21.8 Å². The van der Waals surface area contributed by atoms with E-state index in [0.29, 0.717) is 0 Å². The number of benzene rings is 1. The van der Waals surface area contributed by atoms with Crippen LogP contribution in [0.2, 0.25) is 0 Å². The molecule has 0 saturated carbocycles. The van der Waals surface area contributed by atoms with Crippen LogP contribution in [0.1, 0.15) is 6.42 Å². The zero-order valence-corrected chi connectivity index (χ0v) is 15.3. The molecule has 0 bridgehead atoms. The summed E-state index contributed by atoms with van der Waals surface area (Å²) in [6.45, 7) is 1.06. The zero-order valence-electron chi connectivity index (χ0n) is 14.5. The Labute approximate surface area is 151 Å². The largest absolute Gasteiger partial charge is 0.481 e. The van der Waals surface area contributed by atoms with Crippen molar-refractivity contribution < 1.29 is 27.5 Å². The number of carboxylic acids is 1. The number of amides is 1. The van der Waals surface area contributed by atoms with Gasteiger partial charge in [-0.05, 0) is 25.2 Å². The summed E-state index contributed by atoms with van der Waals surface area (Å²) < 4.78 is 39.6. The molecule has 8 nitrogen and oxygen atoms in total. The van der Waals surface area contributed by atoms with Crippen molar-refractivity contribution in [2.75, 3.05) is 46.3 Å². The first-order valence-corrected chi connectivity index (χ1v) is 9.58. The van der Waals surface area contributed by atoms with Crippen molar-refractivity contribution in [3.05, 3.63) is 30.1 Å². The van der Waals surface area contributed by atoms with Crippen LogP contribution in [0.15, 0.2) is 29.2 Å². The predicted octanol–water partition coefficient (Wildman–Crippen LogP) is 0.0651. The Kier molecular flexibility index (Phi) is 6.68. The molecule has 1 N–H and O–H groups in total. The summed E-state index contributed by atoms with van der Waals surface area (Å²) in [5.74, 6) is -1.73. The first kappa shape index (κ1) is 20.3. The third kappa shape index (κ3) is 5.23. The molecule has 0 radical (unpaired) electrons. The van der Waals surface area contributed by atoms with Crippen LogP contribution in [-0.4, -0.2) is 85.8 Å². The van der Waals surface area contributed by atoms with Crippen molar-refractivity contribution in [1.29, 1.82) is 0 Å². The Morgan fingerprint density at radius 2 is 1.88 bits per heavy atom. The van der Waals surface area contributed by atoms with Crippen molar-refractivity contribution in [2.45, 2.75) is 11.3 Å². The van der Waals surface area contributed by atoms with Crippen LogP contribution in [0, 0.1) is 5.82 Å². The van der Waals surface area contributed by atoms with E-state index in [9.17, 15) is 22.4 Å². The second kappa shape index (κ2) is 8.56. The number of aliphatic carboxylic acids is 1. The summed E-state index contributed by atoms with van der Waals surface area (Å²) in [4.78, 5) is 25.9. The molecule has 1 amide bonds. The molecule has 1 fully saturated rings. The quantitative estimate of drug-likeness (QED) is 0.711. The third-order valence-electron chi connectivity index (χ3n) is 4.14. The second-order valence-corrected chi connectivity index (χ2v) is 8.06. The number of halogens is 1. The Bertz CT molecular complexity index is 763. The highest BCUT2D eigenvalue weighted by Gasteiger charge is 2.30. The lowest BCUT2D eigenvalue weighted by molar-refractivity contribution is -0.138. The molecule has 0 aromatic heterocycles. The summed E-state index contributed by atoms with van der Waals surface area (Å²) in [5, 5.41) is 8.65. The number of carbonyl (C=O) groups is 2. The minimum Gasteiger partial charge on any atom is -0.481 e. The van der Waals surface area contributed by atoms with Crippen LogP contribution < -0.4 is 0 Å². The normalized spacial score (nSPS) is 16.0. The van der Waals surface area contributed by atoms with E-state index >= 15 is 0 Å². The van der Waals surface area contributed by atoms with Gasteiger partial charge in [-0.15, -0.1) is 0 Å². The molecule has 10 heteroatoms. The van der Waals surface area contributed by atoms with Gasteiger partial charge in [0.05, 0.1) is 17.9 Å². The van der Waals surface area contributed by atoms with Crippen LogP contribution >= 0.6 is 0 Å². The SMILES string of the molecule is CN(CCC(=O)O)CC(=O)N1CCN(S(=O)(=O)c2cccc(F)c2)CC1. The van der Waals surface area contributed by atoms with E-state index in [1.165, 1.54) is 22.5 Å². The molecular formula is C16H22FN3O5S. The standard InChI is InChI=1S/C16H22FN3O5S/c1-18(6-5-16(22)23)12-15(21)19-7-9-20(10-8-19)26(24,25)14-4-2-3-13(17)11-14/h2-4,11H,5-10,12H2,1H3,(H,22,23). The van der Waals surface area contributed by atoms with Gasteiger partial charge in [0.1, 0.15) is 5.82 Å². The molecule has 1 saturated heterocycles. The molecular weight excluding hydrogens is 365 g/mol. The smallest absolute Gasteiger partial charge is 0.304 e. The maximum absolute atomic E-state index is 13.3. The summed E-state index contributed by atoms with van der Waals surface area (Å²) >= 11 is 0. The molecule has 1 aliphatic rings. The summed E-state index contributed by atoms with van der Waals surface area (Å²) in [6, 6.07) is 4.84. The first-order chi connectivity index (χ1) is 12.2. The van der Waals surface area contributed by atoms with Crippen molar-refractivity contribution in [3.63, 3.8) is 0 Å². The van der Waals surface area contributed by atoms with E-state index in [1.54, 1.807) is 16.8 Å². The van der Waals surface area contributed by atoms with Crippen molar-refractivity contribution in [3.8, 4) is 0 Å². The summed E-state index contributed by atoms with van der Waals surface area (Å²) in [5.41, 5.74) is 0. The maximum atomic E-state index is 13.3. The van der Waals surface area contributed by atoms with Crippen molar-refractivity contribution in [2.24, 2.45) is 0 Å². The minimum absolute atomic E-state index is 0.0521. The number of carboxylic acid groups (broad SMARTS) is 1. The van der Waals surface area contributed by atoms with E-state index in [2.05, 4.69) is 0 Å². The number of rotatable bonds is 7. The average Bonchev–Trinajstić information content (AvgIpc) is 2.60. The molecule has 1 aromatic carbocycles. The number of nitrogens with zero attached hydrogens (tertiary/aromatic N) is 3. The van der Waals surface area contributed by atoms with Crippen LogP contribution in [0.5, 0.6) is 0 Å². The van der Waals surface area contributed by atoms with Crippen LogP contribution in [0.3, 0.4) is 0 Å². The molecule has 1 aromatic rings. The van der Waals surface area contributed by atoms with Gasteiger partial charge in [-0.25, -0.2) is 12.8 Å². The Morgan fingerprint density at radius 3 is 2.46 bits per heavy atom. The molecule has 0 spiro atoms. The molecule has 0 unspecified atom stereocenters. The summed E-state index contributed by atoms with van der Waals surface area (Å²) in [6.07, 6.45) is -0.0521. The van der Waals surface area contributed by atoms with Gasteiger partial charge in [-0.1, -0.05) is 6.07 Å². The Balaban J connectivity index is 1.90. The fourth-order valence-corrected chi connectivity index (χ4v) is 4.11. The molecule has 26 heavy (non-hydrogen) atoms. The molecule has 1 heterocycles. The number of hydrogen-bond acceptors (Lipinski definition) is 5. The number of carbonyl (C=O) groups excluding carboxylic acids is 1. The molecule has 0 atom stereocenters. The van der Waals surface area contributed by atoms with Gasteiger partial charge in [0.25, 0.3) is 0 Å². The van der Waals surface area contributed by atoms with Gasteiger partial charge in [-0.2, -0.15) is 4.31 Å². The van der Waals surface area contributed by atoms with E-state index in [1.807, 2.05) is 0 Å². The minimum atomic E-state index is -3.80. The highest BCUT2D eigenvalue weighted by atomic mass is 32.2. The number of hydrogen-bond donors (Lipinski definition) is 1. The van der Waals surface area contributed by atoms with Gasteiger partial charge in [-0.3, -0.25) is 14.5 Å². The maximum Gasteiger partial charge on any atom is 0.304 e. The highest BCUT2D eigenvalue weighted by molar-refractivity contribution is 7.89. The molecule has 0 aliphatic carbocycles. The number of piperazine rings is 1. The average molecular weight is 387 g/mol. The monoisotopic (exact) mass is 387 g/mol. The van der Waals surface area contributed by atoms with E-state index in [0.717, 1.165) is 6.07 Å². The second-order valence-electron chi connectivity index (χ2n) is 6.12. The van der Waals surface area contributed by atoms with Gasteiger partial charge in [0.15, 0.2) is 0 Å². The van der Waals surface area contributed by atoms with Gasteiger partial charge in [0.2, 0.25) is 15.9 Å². The van der Waals surface area contributed by atoms with E-state index in [4.69, 9.17) is 5.11 Å². The number of likely N-dealkylation sites (N-methyl/N-ethyl adjacent to an activating group) is 1. The van der Waals surface area contributed by atoms with Gasteiger partial charge >= 0.3 is 5.97 Å². The lowest BCUT2D eigenvalue weighted by Crippen LogP contribution is -2.52. The van der Waals surface area contributed by atoms with Crippen molar-refractivity contribution in [1.82, 2.24) is 14.1 Å². The number of sulfonamides is 1.